The number of halogens is 3. The van der Waals surface area contributed by atoms with Gasteiger partial charge >= 0.3 is 6.36 Å². The predicted molar refractivity (Wildman–Crippen MR) is 119 cm³/mol. The highest BCUT2D eigenvalue weighted by Crippen LogP contribution is 2.53. The standard InChI is InChI=1S/C25H23F3N2O5/c1-14(15-3-7-17(33-2)8-4-15)30-13-24-12-11-19(35-24)20(21(24)23(30)32)22(31)29-16-5-9-18(10-6-16)34-25(26,27)28/h3-12,14,19-21H,13H2,1-2H3,(H,29,31)/t14-,19+,20+,21-,24+/m0/s1. The van der Waals surface area contributed by atoms with E-state index in [0.29, 0.717) is 18.0 Å². The largest absolute Gasteiger partial charge is 0.573 e. The molecule has 35 heavy (non-hydrogen) atoms. The molecule has 7 nitrogen and oxygen atoms in total. The molecule has 2 aromatic rings. The molecule has 3 aliphatic rings. The first kappa shape index (κ1) is 23.2. The SMILES string of the molecule is COc1ccc([C@H](C)N2C[C@@]34C=C[C@@H](O3)[C@@H](C(=O)Nc3ccc(OC(F)(F)F)cc3)[C@H]4C2=O)cc1. The number of fused-ring (bicyclic) bond motifs is 1. The summed E-state index contributed by atoms with van der Waals surface area (Å²) in [6.45, 7) is 2.25. The maximum Gasteiger partial charge on any atom is 0.573 e. The van der Waals surface area contributed by atoms with Crippen LogP contribution in [0.25, 0.3) is 0 Å². The van der Waals surface area contributed by atoms with Crippen molar-refractivity contribution in [2.24, 2.45) is 11.8 Å². The molecule has 3 aliphatic heterocycles. The van der Waals surface area contributed by atoms with Gasteiger partial charge in [0.1, 0.15) is 17.1 Å². The summed E-state index contributed by atoms with van der Waals surface area (Å²) < 4.78 is 52.4. The molecule has 2 amide bonds. The Morgan fingerprint density at radius 3 is 2.43 bits per heavy atom. The van der Waals surface area contributed by atoms with Gasteiger partial charge in [0.2, 0.25) is 11.8 Å². The molecule has 2 fully saturated rings. The number of hydrogen-bond acceptors (Lipinski definition) is 5. The lowest BCUT2D eigenvalue weighted by Crippen LogP contribution is -2.41. The number of ether oxygens (including phenoxy) is 3. The molecular formula is C25H23F3N2O5. The first-order valence-electron chi connectivity index (χ1n) is 11.1. The van der Waals surface area contributed by atoms with E-state index in [0.717, 1.165) is 17.7 Å². The second-order valence-electron chi connectivity index (χ2n) is 8.88. The van der Waals surface area contributed by atoms with Gasteiger partial charge in [0, 0.05) is 5.69 Å². The van der Waals surface area contributed by atoms with Crippen molar-refractivity contribution in [2.45, 2.75) is 31.0 Å². The van der Waals surface area contributed by atoms with E-state index < -0.39 is 41.6 Å². The van der Waals surface area contributed by atoms with E-state index in [1.807, 2.05) is 37.3 Å². The monoisotopic (exact) mass is 488 g/mol. The van der Waals surface area contributed by atoms with Crippen molar-refractivity contribution in [1.82, 2.24) is 4.90 Å². The van der Waals surface area contributed by atoms with Gasteiger partial charge < -0.3 is 24.4 Å². The van der Waals surface area contributed by atoms with Crippen molar-refractivity contribution < 1.29 is 37.0 Å². The number of anilines is 1. The molecule has 1 N–H and O–H groups in total. The van der Waals surface area contributed by atoms with Crippen LogP contribution in [0, 0.1) is 11.8 Å². The average molecular weight is 488 g/mol. The molecule has 184 valence electrons. The number of alkyl halides is 3. The van der Waals surface area contributed by atoms with Gasteiger partial charge in [-0.1, -0.05) is 24.3 Å². The quantitative estimate of drug-likeness (QED) is 0.621. The summed E-state index contributed by atoms with van der Waals surface area (Å²) in [4.78, 5) is 28.5. The van der Waals surface area contributed by atoms with Crippen molar-refractivity contribution in [3.63, 3.8) is 0 Å². The Kier molecular flexibility index (Phi) is 5.51. The van der Waals surface area contributed by atoms with Crippen LogP contribution in [0.1, 0.15) is 18.5 Å². The molecule has 0 radical (unpaired) electrons. The maximum atomic E-state index is 13.5. The van der Waals surface area contributed by atoms with Gasteiger partial charge in [0.25, 0.3) is 0 Å². The Balaban J connectivity index is 1.32. The molecule has 2 bridgehead atoms. The average Bonchev–Trinajstić information content (AvgIpc) is 3.47. The molecule has 5 atom stereocenters. The molecule has 0 aromatic heterocycles. The second kappa shape index (κ2) is 8.30. The Labute approximate surface area is 199 Å². The Morgan fingerprint density at radius 1 is 1.14 bits per heavy atom. The number of benzene rings is 2. The Morgan fingerprint density at radius 2 is 1.80 bits per heavy atom. The molecule has 10 heteroatoms. The van der Waals surface area contributed by atoms with Gasteiger partial charge in [-0.15, -0.1) is 13.2 Å². The maximum absolute atomic E-state index is 13.5. The lowest BCUT2D eigenvalue weighted by Gasteiger charge is -2.28. The zero-order valence-electron chi connectivity index (χ0n) is 18.9. The van der Waals surface area contributed by atoms with E-state index in [9.17, 15) is 22.8 Å². The van der Waals surface area contributed by atoms with Crippen LogP contribution in [0.4, 0.5) is 18.9 Å². The van der Waals surface area contributed by atoms with Crippen LogP contribution >= 0.6 is 0 Å². The molecule has 0 aliphatic carbocycles. The zero-order chi connectivity index (χ0) is 25.0. The summed E-state index contributed by atoms with van der Waals surface area (Å²) in [7, 11) is 1.58. The van der Waals surface area contributed by atoms with E-state index in [1.165, 1.54) is 12.1 Å². The molecular weight excluding hydrogens is 465 g/mol. The molecule has 0 unspecified atom stereocenters. The number of carbonyl (C=O) groups excluding carboxylic acids is 2. The van der Waals surface area contributed by atoms with Crippen LogP contribution in [-0.2, 0) is 14.3 Å². The van der Waals surface area contributed by atoms with Crippen molar-refractivity contribution in [2.75, 3.05) is 19.0 Å². The van der Waals surface area contributed by atoms with Crippen molar-refractivity contribution in [3.05, 3.63) is 66.2 Å². The third-order valence-corrected chi connectivity index (χ3v) is 6.85. The fraction of sp³-hybridized carbons (Fsp3) is 0.360. The van der Waals surface area contributed by atoms with Crippen LogP contribution in [0.15, 0.2) is 60.7 Å². The third kappa shape index (κ3) is 4.12. The number of nitrogens with zero attached hydrogens (tertiary/aromatic N) is 1. The fourth-order valence-electron chi connectivity index (χ4n) is 5.18. The summed E-state index contributed by atoms with van der Waals surface area (Å²) >= 11 is 0. The number of likely N-dealkylation sites (tertiary alicyclic amines) is 1. The van der Waals surface area contributed by atoms with Crippen molar-refractivity contribution in [1.29, 1.82) is 0 Å². The van der Waals surface area contributed by atoms with Gasteiger partial charge in [-0.05, 0) is 48.9 Å². The van der Waals surface area contributed by atoms with Gasteiger partial charge in [-0.25, -0.2) is 0 Å². The topological polar surface area (TPSA) is 77.1 Å². The minimum atomic E-state index is -4.80. The molecule has 2 aromatic carbocycles. The minimum absolute atomic E-state index is 0.172. The second-order valence-corrected chi connectivity index (χ2v) is 8.88. The summed E-state index contributed by atoms with van der Waals surface area (Å²) in [6, 6.07) is 12.1. The number of nitrogens with one attached hydrogen (secondary N) is 1. The molecule has 1 spiro atoms. The van der Waals surface area contributed by atoms with Crippen molar-refractivity contribution >= 4 is 17.5 Å². The number of rotatable bonds is 6. The molecule has 5 rings (SSSR count). The Hall–Kier alpha value is -3.53. The normalized spacial score (nSPS) is 27.6. The number of methoxy groups -OCH3 is 1. The van der Waals surface area contributed by atoms with Crippen LogP contribution in [0.2, 0.25) is 0 Å². The highest BCUT2D eigenvalue weighted by atomic mass is 19.4. The summed E-state index contributed by atoms with van der Waals surface area (Å²) in [6.07, 6.45) is -1.68. The van der Waals surface area contributed by atoms with E-state index in [2.05, 4.69) is 10.1 Å². The Bertz CT molecular complexity index is 1170. The van der Waals surface area contributed by atoms with E-state index >= 15 is 0 Å². The number of amides is 2. The van der Waals surface area contributed by atoms with Crippen LogP contribution in [0.3, 0.4) is 0 Å². The summed E-state index contributed by atoms with van der Waals surface area (Å²) in [5, 5.41) is 2.70. The fourth-order valence-corrected chi connectivity index (χ4v) is 5.18. The van der Waals surface area contributed by atoms with E-state index in [4.69, 9.17) is 9.47 Å². The molecule has 0 saturated carbocycles. The van der Waals surface area contributed by atoms with Gasteiger partial charge in [0.05, 0.1) is 37.6 Å². The third-order valence-electron chi connectivity index (χ3n) is 6.85. The zero-order valence-corrected chi connectivity index (χ0v) is 18.9. The van der Waals surface area contributed by atoms with Gasteiger partial charge in [-0.3, -0.25) is 9.59 Å². The smallest absolute Gasteiger partial charge is 0.497 e. The molecule has 2 saturated heterocycles. The first-order valence-corrected chi connectivity index (χ1v) is 11.1. The summed E-state index contributed by atoms with van der Waals surface area (Å²) in [5.41, 5.74) is 0.338. The van der Waals surface area contributed by atoms with E-state index in [-0.39, 0.29) is 11.9 Å². The summed E-state index contributed by atoms with van der Waals surface area (Å²) in [5.74, 6) is -1.73. The van der Waals surface area contributed by atoms with Crippen LogP contribution in [-0.4, -0.2) is 48.4 Å². The molecule has 3 heterocycles. The predicted octanol–water partition coefficient (Wildman–Crippen LogP) is 4.08. The van der Waals surface area contributed by atoms with Crippen LogP contribution < -0.4 is 14.8 Å². The first-order chi connectivity index (χ1) is 16.6. The highest BCUT2D eigenvalue weighted by molar-refractivity contribution is 5.99. The lowest BCUT2D eigenvalue weighted by atomic mass is 9.76. The minimum Gasteiger partial charge on any atom is -0.497 e. The number of hydrogen-bond donors (Lipinski definition) is 1. The lowest BCUT2D eigenvalue weighted by molar-refractivity contribution is -0.274. The highest BCUT2D eigenvalue weighted by Gasteiger charge is 2.67. The van der Waals surface area contributed by atoms with E-state index in [1.54, 1.807) is 18.1 Å². The van der Waals surface area contributed by atoms with Crippen molar-refractivity contribution in [3.8, 4) is 11.5 Å². The van der Waals surface area contributed by atoms with Gasteiger partial charge in [0.15, 0.2) is 0 Å². The van der Waals surface area contributed by atoms with Crippen LogP contribution in [0.5, 0.6) is 11.5 Å². The van der Waals surface area contributed by atoms with Gasteiger partial charge in [-0.2, -0.15) is 0 Å². The number of carbonyl (C=O) groups is 2.